The summed E-state index contributed by atoms with van der Waals surface area (Å²) in [7, 11) is 0. The van der Waals surface area contributed by atoms with Gasteiger partial charge in [-0.3, -0.25) is 4.79 Å². The second-order valence-electron chi connectivity index (χ2n) is 26.4. The molecule has 14 heteroatoms. The fourth-order valence-electron chi connectivity index (χ4n) is 12.6. The summed E-state index contributed by atoms with van der Waals surface area (Å²) in [6.07, 6.45) is 54.3. The van der Waals surface area contributed by atoms with Crippen molar-refractivity contribution in [2.75, 3.05) is 19.8 Å². The van der Waals surface area contributed by atoms with Gasteiger partial charge in [0.2, 0.25) is 5.91 Å². The standard InChI is InChI=1S/C72H139NO13/c1-3-5-7-9-11-13-15-17-19-21-23-24-25-26-27-28-29-30-31-32-33-34-35-36-38-40-42-44-46-48-50-52-54-56-64(77)73-60(61(76)55-53-51-49-47-45-43-41-39-37-22-20-18-16-14-12-10-8-6-4-2)59-83-71-69(82)67(80)70(63(58-75)85-71)86-72-68(81)66(79)65(78)62(57-74)84-72/h53,55,60-63,65-72,74-76,78-82H,3-52,54,56-59H2,1-2H3,(H,73,77)/b55-53+. The molecular weight excluding hydrogens is 1090 g/mol. The fourth-order valence-corrected chi connectivity index (χ4v) is 12.6. The van der Waals surface area contributed by atoms with Crippen molar-refractivity contribution in [3.63, 3.8) is 0 Å². The molecule has 9 N–H and O–H groups in total. The van der Waals surface area contributed by atoms with Gasteiger partial charge in [0, 0.05) is 6.42 Å². The van der Waals surface area contributed by atoms with Crippen molar-refractivity contribution in [3.05, 3.63) is 12.2 Å². The number of unbranched alkanes of at least 4 members (excludes halogenated alkanes) is 49. The van der Waals surface area contributed by atoms with Crippen molar-refractivity contribution in [2.24, 2.45) is 0 Å². The molecule has 0 aliphatic carbocycles. The lowest BCUT2D eigenvalue weighted by molar-refractivity contribution is -0.359. The van der Waals surface area contributed by atoms with Crippen LogP contribution in [0.3, 0.4) is 0 Å². The highest BCUT2D eigenvalue weighted by Crippen LogP contribution is 2.30. The summed E-state index contributed by atoms with van der Waals surface area (Å²) in [5.41, 5.74) is 0. The summed E-state index contributed by atoms with van der Waals surface area (Å²) < 4.78 is 22.9. The van der Waals surface area contributed by atoms with Gasteiger partial charge < -0.3 is 65.1 Å². The number of hydrogen-bond acceptors (Lipinski definition) is 13. The van der Waals surface area contributed by atoms with Crippen LogP contribution < -0.4 is 5.32 Å². The van der Waals surface area contributed by atoms with E-state index in [9.17, 15) is 45.6 Å². The van der Waals surface area contributed by atoms with Crippen molar-refractivity contribution in [1.29, 1.82) is 0 Å². The quantitative estimate of drug-likeness (QED) is 0.0204. The highest BCUT2D eigenvalue weighted by atomic mass is 16.7. The van der Waals surface area contributed by atoms with Crippen LogP contribution in [0.25, 0.3) is 0 Å². The SMILES string of the molecule is CCCCCCCCCCCCCCCCCCC/C=C/C(O)C(COC1OC(CO)C(OC2OC(CO)C(O)C(O)C2O)C(O)C1O)NC(=O)CCCCCCCCCCCCCCCCCCCCCCCCCCCCCCCCCCC. The molecule has 2 heterocycles. The minimum atomic E-state index is -1.79. The predicted octanol–water partition coefficient (Wildman–Crippen LogP) is 15.4. The number of nitrogens with one attached hydrogen (secondary N) is 1. The number of hydrogen-bond donors (Lipinski definition) is 9. The number of amides is 1. The van der Waals surface area contributed by atoms with Crippen molar-refractivity contribution in [1.82, 2.24) is 5.32 Å². The molecule has 0 aromatic rings. The third-order valence-corrected chi connectivity index (χ3v) is 18.5. The molecule has 12 atom stereocenters. The molecule has 1 amide bonds. The van der Waals surface area contributed by atoms with Gasteiger partial charge in [0.25, 0.3) is 0 Å². The van der Waals surface area contributed by atoms with E-state index < -0.39 is 86.8 Å². The molecule has 2 fully saturated rings. The molecule has 86 heavy (non-hydrogen) atoms. The normalized spacial score (nSPS) is 23.4. The van der Waals surface area contributed by atoms with Crippen LogP contribution in [0, 0.1) is 0 Å². The average molecular weight is 1230 g/mol. The first-order valence-electron chi connectivity index (χ1n) is 36.9. The molecule has 0 saturated carbocycles. The summed E-state index contributed by atoms with van der Waals surface area (Å²) in [4.78, 5) is 13.3. The lowest BCUT2D eigenvalue weighted by Crippen LogP contribution is -2.65. The number of ether oxygens (including phenoxy) is 4. The Kier molecular flexibility index (Phi) is 54.1. The van der Waals surface area contributed by atoms with E-state index in [4.69, 9.17) is 18.9 Å². The maximum atomic E-state index is 13.3. The summed E-state index contributed by atoms with van der Waals surface area (Å²) >= 11 is 0. The Morgan fingerprint density at radius 2 is 0.721 bits per heavy atom. The van der Waals surface area contributed by atoms with E-state index >= 15 is 0 Å². The zero-order chi connectivity index (χ0) is 62.3. The molecule has 12 unspecified atom stereocenters. The van der Waals surface area contributed by atoms with Crippen LogP contribution in [0.2, 0.25) is 0 Å². The van der Waals surface area contributed by atoms with Crippen LogP contribution in [0.4, 0.5) is 0 Å². The molecule has 0 spiro atoms. The Hall–Kier alpha value is -1.27. The van der Waals surface area contributed by atoms with Crippen LogP contribution in [-0.4, -0.2) is 140 Å². The lowest BCUT2D eigenvalue weighted by atomic mass is 9.97. The van der Waals surface area contributed by atoms with Gasteiger partial charge in [-0.25, -0.2) is 0 Å². The van der Waals surface area contributed by atoms with Crippen molar-refractivity contribution in [3.8, 4) is 0 Å². The topological polar surface area (TPSA) is 228 Å². The molecule has 510 valence electrons. The van der Waals surface area contributed by atoms with Crippen molar-refractivity contribution < 1.29 is 64.6 Å². The Morgan fingerprint density at radius 3 is 1.07 bits per heavy atom. The number of aliphatic hydroxyl groups is 8. The molecule has 2 aliphatic rings. The van der Waals surface area contributed by atoms with Gasteiger partial charge in [-0.2, -0.15) is 0 Å². The minimum Gasteiger partial charge on any atom is -0.394 e. The molecule has 0 aromatic carbocycles. The molecule has 2 saturated heterocycles. The maximum absolute atomic E-state index is 13.3. The first kappa shape index (κ1) is 80.8. The van der Waals surface area contributed by atoms with Crippen LogP contribution in [0.1, 0.15) is 348 Å². The molecule has 2 aliphatic heterocycles. The van der Waals surface area contributed by atoms with Crippen molar-refractivity contribution in [2.45, 2.75) is 421 Å². The summed E-state index contributed by atoms with van der Waals surface area (Å²) in [5, 5.41) is 87.4. The first-order valence-corrected chi connectivity index (χ1v) is 36.9. The van der Waals surface area contributed by atoms with Gasteiger partial charge in [0.1, 0.15) is 48.8 Å². The van der Waals surface area contributed by atoms with Crippen LogP contribution in [0.15, 0.2) is 12.2 Å². The maximum Gasteiger partial charge on any atom is 0.220 e. The third kappa shape index (κ3) is 41.3. The minimum absolute atomic E-state index is 0.230. The second kappa shape index (κ2) is 57.6. The smallest absolute Gasteiger partial charge is 0.220 e. The monoisotopic (exact) mass is 1230 g/mol. The molecule has 0 radical (unpaired) electrons. The Morgan fingerprint density at radius 1 is 0.407 bits per heavy atom. The highest BCUT2D eigenvalue weighted by molar-refractivity contribution is 5.76. The van der Waals surface area contributed by atoms with Gasteiger partial charge >= 0.3 is 0 Å². The van der Waals surface area contributed by atoms with Gasteiger partial charge in [0.05, 0.1) is 32.0 Å². The number of allylic oxidation sites excluding steroid dienone is 1. The molecule has 0 aromatic heterocycles. The largest absolute Gasteiger partial charge is 0.394 e. The van der Waals surface area contributed by atoms with E-state index in [-0.39, 0.29) is 18.9 Å². The van der Waals surface area contributed by atoms with E-state index in [1.165, 1.54) is 283 Å². The van der Waals surface area contributed by atoms with Crippen LogP contribution in [-0.2, 0) is 23.7 Å². The summed E-state index contributed by atoms with van der Waals surface area (Å²) in [5.74, 6) is -0.230. The van der Waals surface area contributed by atoms with Gasteiger partial charge in [0.15, 0.2) is 12.6 Å². The first-order chi connectivity index (χ1) is 42.1. The zero-order valence-electron chi connectivity index (χ0n) is 55.6. The van der Waals surface area contributed by atoms with E-state index in [0.29, 0.717) is 0 Å². The lowest BCUT2D eigenvalue weighted by Gasteiger charge is -2.46. The van der Waals surface area contributed by atoms with Crippen LogP contribution in [0.5, 0.6) is 0 Å². The summed E-state index contributed by atoms with van der Waals surface area (Å²) in [6, 6.07) is -0.911. The number of rotatable bonds is 62. The number of carbonyl (C=O) groups excluding carboxylic acids is 1. The number of aliphatic hydroxyl groups excluding tert-OH is 8. The number of carbonyl (C=O) groups is 1. The average Bonchev–Trinajstić information content (AvgIpc) is 2.72. The molecule has 14 nitrogen and oxygen atoms in total. The van der Waals surface area contributed by atoms with E-state index in [1.54, 1.807) is 6.08 Å². The summed E-state index contributed by atoms with van der Waals surface area (Å²) in [6.45, 7) is 2.86. The van der Waals surface area contributed by atoms with E-state index in [1.807, 2.05) is 6.08 Å². The Balaban J connectivity index is 1.62. The second-order valence-corrected chi connectivity index (χ2v) is 26.4. The van der Waals surface area contributed by atoms with E-state index in [2.05, 4.69) is 19.2 Å². The highest BCUT2D eigenvalue weighted by Gasteiger charge is 2.51. The molecule has 0 bridgehead atoms. The van der Waals surface area contributed by atoms with Crippen LogP contribution >= 0.6 is 0 Å². The third-order valence-electron chi connectivity index (χ3n) is 18.5. The zero-order valence-corrected chi connectivity index (χ0v) is 55.6. The van der Waals surface area contributed by atoms with Gasteiger partial charge in [-0.1, -0.05) is 334 Å². The fraction of sp³-hybridized carbons (Fsp3) is 0.958. The van der Waals surface area contributed by atoms with Crippen molar-refractivity contribution >= 4 is 5.91 Å². The van der Waals surface area contributed by atoms with E-state index in [0.717, 1.165) is 44.9 Å². The van der Waals surface area contributed by atoms with Gasteiger partial charge in [-0.05, 0) is 19.3 Å². The molecule has 2 rings (SSSR count). The van der Waals surface area contributed by atoms with Gasteiger partial charge in [-0.15, -0.1) is 0 Å². The molecular formula is C72H139NO13. The Bertz CT molecular complexity index is 1490. The predicted molar refractivity (Wildman–Crippen MR) is 351 cm³/mol. The Labute approximate surface area is 526 Å².